The molecule has 2 fully saturated rings. The van der Waals surface area contributed by atoms with Gasteiger partial charge in [0.1, 0.15) is 11.0 Å². The molecular formula is C25H33ClN6O3S. The number of aromatic nitrogens is 2. The average molecular weight is 533 g/mol. The van der Waals surface area contributed by atoms with E-state index < -0.39 is 0 Å². The van der Waals surface area contributed by atoms with Crippen molar-refractivity contribution >= 4 is 46.8 Å². The van der Waals surface area contributed by atoms with E-state index in [2.05, 4.69) is 20.2 Å². The van der Waals surface area contributed by atoms with Crippen LogP contribution in [0.1, 0.15) is 26.3 Å². The Morgan fingerprint density at radius 2 is 1.86 bits per heavy atom. The maximum atomic E-state index is 12.9. The number of amides is 3. The van der Waals surface area contributed by atoms with Crippen LogP contribution in [0.5, 0.6) is 0 Å². The van der Waals surface area contributed by atoms with E-state index in [0.29, 0.717) is 48.9 Å². The van der Waals surface area contributed by atoms with Gasteiger partial charge in [0.05, 0.1) is 18.0 Å². The normalized spacial score (nSPS) is 22.5. The Balaban J connectivity index is 1.35. The molecule has 2 saturated heterocycles. The minimum atomic E-state index is -0.116. The Bertz CT molecular complexity index is 1100. The van der Waals surface area contributed by atoms with E-state index in [9.17, 15) is 9.59 Å². The van der Waals surface area contributed by atoms with Crippen LogP contribution in [0.3, 0.4) is 0 Å². The number of carbonyl (C=O) groups is 2. The van der Waals surface area contributed by atoms with E-state index in [1.165, 1.54) is 11.8 Å². The number of nitrogens with zero attached hydrogens (tertiary/aromatic N) is 5. The molecule has 2 aliphatic heterocycles. The van der Waals surface area contributed by atoms with Gasteiger partial charge in [0, 0.05) is 50.5 Å². The molecule has 194 valence electrons. The monoisotopic (exact) mass is 532 g/mol. The van der Waals surface area contributed by atoms with Gasteiger partial charge in [0.2, 0.25) is 5.91 Å². The molecule has 3 unspecified atom stereocenters. The van der Waals surface area contributed by atoms with E-state index in [1.807, 2.05) is 61.8 Å². The van der Waals surface area contributed by atoms with Gasteiger partial charge in [-0.05, 0) is 45.4 Å². The molecule has 0 aliphatic carbocycles. The van der Waals surface area contributed by atoms with E-state index >= 15 is 0 Å². The zero-order valence-electron chi connectivity index (χ0n) is 21.1. The molecule has 2 aliphatic rings. The lowest BCUT2D eigenvalue weighted by atomic mass is 10.2. The average Bonchev–Trinajstić information content (AvgIpc) is 2.81. The Labute approximate surface area is 221 Å². The second-order valence-electron chi connectivity index (χ2n) is 9.46. The molecule has 9 nitrogen and oxygen atoms in total. The van der Waals surface area contributed by atoms with E-state index in [-0.39, 0.29) is 35.9 Å². The van der Waals surface area contributed by atoms with Gasteiger partial charge in [0.25, 0.3) is 0 Å². The molecule has 1 aromatic heterocycles. The summed E-state index contributed by atoms with van der Waals surface area (Å²) in [6, 6.07) is 9.35. The zero-order chi connectivity index (χ0) is 25.8. The molecule has 0 bridgehead atoms. The summed E-state index contributed by atoms with van der Waals surface area (Å²) in [5, 5.41) is 3.78. The molecule has 1 aromatic carbocycles. The third kappa shape index (κ3) is 6.80. The first kappa shape index (κ1) is 26.5. The standard InChI is InChI=1S/C25H33ClN6O3S/c1-16-6-5-7-20(10-16)27-25(34)32-9-8-30(12-17(32)2)22-11-21(26)28-24(29-22)36-15-23(33)31-13-18(3)35-19(4)14-31/h5-7,10-11,17-19H,8-9,12-15H2,1-4H3,(H,27,34). The zero-order valence-corrected chi connectivity index (χ0v) is 22.7. The lowest BCUT2D eigenvalue weighted by Gasteiger charge is -2.40. The number of halogens is 1. The Kier molecular flexibility index (Phi) is 8.58. The summed E-state index contributed by atoms with van der Waals surface area (Å²) in [6.45, 7) is 10.9. The number of nitrogens with one attached hydrogen (secondary N) is 1. The first-order valence-corrected chi connectivity index (χ1v) is 13.5. The van der Waals surface area contributed by atoms with Crippen LogP contribution < -0.4 is 10.2 Å². The fourth-order valence-corrected chi connectivity index (χ4v) is 5.58. The Hall–Kier alpha value is -2.56. The number of urea groups is 1. The highest BCUT2D eigenvalue weighted by Crippen LogP contribution is 2.25. The number of hydrogen-bond acceptors (Lipinski definition) is 7. The SMILES string of the molecule is Cc1cccc(NC(=O)N2CCN(c3cc(Cl)nc(SCC(=O)N4CC(C)OC(C)C4)n3)CC2C)c1. The molecule has 3 amide bonds. The molecule has 3 heterocycles. The quantitative estimate of drug-likeness (QED) is 0.354. The van der Waals surface area contributed by atoms with Crippen LogP contribution in [0.4, 0.5) is 16.3 Å². The molecule has 36 heavy (non-hydrogen) atoms. The van der Waals surface area contributed by atoms with Crippen LogP contribution in [0.25, 0.3) is 0 Å². The van der Waals surface area contributed by atoms with Crippen LogP contribution in [0, 0.1) is 6.92 Å². The van der Waals surface area contributed by atoms with Gasteiger partial charge in [-0.25, -0.2) is 14.8 Å². The topological polar surface area (TPSA) is 90.9 Å². The number of hydrogen-bond donors (Lipinski definition) is 1. The summed E-state index contributed by atoms with van der Waals surface area (Å²) < 4.78 is 5.72. The fraction of sp³-hybridized carbons (Fsp3) is 0.520. The lowest BCUT2D eigenvalue weighted by Crippen LogP contribution is -2.55. The van der Waals surface area contributed by atoms with Crippen molar-refractivity contribution in [2.24, 2.45) is 0 Å². The van der Waals surface area contributed by atoms with Crippen molar-refractivity contribution in [2.45, 2.75) is 51.1 Å². The molecular weight excluding hydrogens is 500 g/mol. The van der Waals surface area contributed by atoms with Crippen molar-refractivity contribution in [2.75, 3.05) is 48.7 Å². The molecule has 3 atom stereocenters. The first-order chi connectivity index (χ1) is 17.2. The van der Waals surface area contributed by atoms with Crippen LogP contribution in [0.2, 0.25) is 5.15 Å². The summed E-state index contributed by atoms with van der Waals surface area (Å²) in [5.74, 6) is 0.973. The summed E-state index contributed by atoms with van der Waals surface area (Å²) in [5.41, 5.74) is 1.88. The maximum absolute atomic E-state index is 12.9. The number of anilines is 2. The van der Waals surface area contributed by atoms with Crippen molar-refractivity contribution in [1.29, 1.82) is 0 Å². The minimum absolute atomic E-state index is 0.0243. The number of rotatable bonds is 5. The predicted molar refractivity (Wildman–Crippen MR) is 143 cm³/mol. The number of morpholine rings is 1. The van der Waals surface area contributed by atoms with Gasteiger partial charge in [-0.15, -0.1) is 0 Å². The number of aryl methyl sites for hydroxylation is 1. The van der Waals surface area contributed by atoms with Crippen molar-refractivity contribution < 1.29 is 14.3 Å². The van der Waals surface area contributed by atoms with Gasteiger partial charge in [-0.1, -0.05) is 35.5 Å². The molecule has 11 heteroatoms. The number of piperazine rings is 1. The second-order valence-corrected chi connectivity index (χ2v) is 10.8. The van der Waals surface area contributed by atoms with Gasteiger partial charge in [-0.3, -0.25) is 4.79 Å². The highest BCUT2D eigenvalue weighted by molar-refractivity contribution is 7.99. The van der Waals surface area contributed by atoms with Gasteiger partial charge < -0.3 is 24.8 Å². The van der Waals surface area contributed by atoms with Gasteiger partial charge in [-0.2, -0.15) is 0 Å². The van der Waals surface area contributed by atoms with Crippen LogP contribution in [0.15, 0.2) is 35.5 Å². The molecule has 2 aromatic rings. The second kappa shape index (κ2) is 11.7. The van der Waals surface area contributed by atoms with Gasteiger partial charge >= 0.3 is 6.03 Å². The van der Waals surface area contributed by atoms with Crippen molar-refractivity contribution in [3.8, 4) is 0 Å². The summed E-state index contributed by atoms with van der Waals surface area (Å²) >= 11 is 7.60. The third-order valence-corrected chi connectivity index (χ3v) is 7.27. The van der Waals surface area contributed by atoms with Crippen LogP contribution >= 0.6 is 23.4 Å². The molecule has 0 radical (unpaired) electrons. The molecule has 4 rings (SSSR count). The van der Waals surface area contributed by atoms with E-state index in [0.717, 1.165) is 11.3 Å². The predicted octanol–water partition coefficient (Wildman–Crippen LogP) is 3.91. The first-order valence-electron chi connectivity index (χ1n) is 12.2. The highest BCUT2D eigenvalue weighted by Gasteiger charge is 2.29. The highest BCUT2D eigenvalue weighted by atomic mass is 35.5. The summed E-state index contributed by atoms with van der Waals surface area (Å²) in [4.78, 5) is 40.3. The molecule has 0 saturated carbocycles. The van der Waals surface area contributed by atoms with Crippen LogP contribution in [-0.4, -0.2) is 88.4 Å². The van der Waals surface area contributed by atoms with Gasteiger partial charge in [0.15, 0.2) is 5.16 Å². The van der Waals surface area contributed by atoms with E-state index in [1.54, 1.807) is 6.07 Å². The number of ether oxygens (including phenoxy) is 1. The number of thioether (sulfide) groups is 1. The number of carbonyl (C=O) groups excluding carboxylic acids is 2. The minimum Gasteiger partial charge on any atom is -0.372 e. The van der Waals surface area contributed by atoms with Crippen molar-refractivity contribution in [1.82, 2.24) is 19.8 Å². The maximum Gasteiger partial charge on any atom is 0.322 e. The molecule has 0 spiro atoms. The van der Waals surface area contributed by atoms with Crippen molar-refractivity contribution in [3.63, 3.8) is 0 Å². The lowest BCUT2D eigenvalue weighted by molar-refractivity contribution is -0.140. The summed E-state index contributed by atoms with van der Waals surface area (Å²) in [6.07, 6.45) is 0.0486. The smallest absolute Gasteiger partial charge is 0.322 e. The fourth-order valence-electron chi connectivity index (χ4n) is 4.60. The molecule has 1 N–H and O–H groups in total. The third-order valence-electron chi connectivity index (χ3n) is 6.24. The largest absolute Gasteiger partial charge is 0.372 e. The Morgan fingerprint density at radius 3 is 2.56 bits per heavy atom. The van der Waals surface area contributed by atoms with Crippen LogP contribution in [-0.2, 0) is 9.53 Å². The van der Waals surface area contributed by atoms with E-state index in [4.69, 9.17) is 16.3 Å². The number of benzene rings is 1. The van der Waals surface area contributed by atoms with Crippen molar-refractivity contribution in [3.05, 3.63) is 41.0 Å². The summed E-state index contributed by atoms with van der Waals surface area (Å²) in [7, 11) is 0. The Morgan fingerprint density at radius 1 is 1.11 bits per heavy atom.